The molecule has 0 amide bonds. The van der Waals surface area contributed by atoms with Gasteiger partial charge in [-0.15, -0.1) is 12.6 Å². The van der Waals surface area contributed by atoms with Gasteiger partial charge in [-0.1, -0.05) is 0 Å². The lowest BCUT2D eigenvalue weighted by Crippen LogP contribution is -1.69. The highest BCUT2D eigenvalue weighted by Crippen LogP contribution is 2.08. The number of hydrogen-bond acceptors (Lipinski definition) is 2. The van der Waals surface area contributed by atoms with E-state index in [1.807, 2.05) is 0 Å². The third-order valence-corrected chi connectivity index (χ3v) is 0.985. The van der Waals surface area contributed by atoms with Gasteiger partial charge in [0.1, 0.15) is 0 Å². The van der Waals surface area contributed by atoms with Gasteiger partial charge >= 0.3 is 0 Å². The maximum atomic E-state index is 10.3. The zero-order chi connectivity index (χ0) is 5.98. The topological polar surface area (TPSA) is 32.8 Å². The molecule has 0 bridgehead atoms. The number of nitrogens with zero attached hydrogens (tertiary/aromatic N) is 1. The van der Waals surface area contributed by atoms with E-state index >= 15 is 0 Å². The molecule has 0 aliphatic heterocycles. The van der Waals surface area contributed by atoms with E-state index in [-0.39, 0.29) is 5.75 Å². The van der Waals surface area contributed by atoms with Gasteiger partial charge in [0.15, 0.2) is 5.75 Å². The predicted octanol–water partition coefficient (Wildman–Crippen LogP) is 1.51. The van der Waals surface area contributed by atoms with Crippen molar-refractivity contribution in [2.45, 2.75) is 5.03 Å². The lowest BCUT2D eigenvalue weighted by Gasteiger charge is -1.84. The van der Waals surface area contributed by atoms with Crippen LogP contribution in [0, 0.1) is 0 Å². The largest absolute Gasteiger partial charge is 0.288 e. The Morgan fingerprint density at radius 3 is 2.62 bits per heavy atom. The van der Waals surface area contributed by atoms with Crippen molar-refractivity contribution in [2.75, 3.05) is 0 Å². The van der Waals surface area contributed by atoms with Crippen LogP contribution in [0.15, 0.2) is 23.4 Å². The SMILES string of the molecule is [O]c1ccc(S)nc1. The molecule has 1 rings (SSSR count). The Morgan fingerprint density at radius 2 is 2.25 bits per heavy atom. The minimum atomic E-state index is -0.0807. The Hall–Kier alpha value is -0.700. The van der Waals surface area contributed by atoms with Crippen molar-refractivity contribution >= 4 is 12.6 Å². The molecule has 1 radical (unpaired) electrons. The van der Waals surface area contributed by atoms with Crippen LogP contribution in [0.3, 0.4) is 0 Å². The van der Waals surface area contributed by atoms with Crippen molar-refractivity contribution in [3.05, 3.63) is 18.3 Å². The highest BCUT2D eigenvalue weighted by Gasteiger charge is 1.86. The first-order chi connectivity index (χ1) is 3.79. The molecule has 1 heterocycles. The zero-order valence-electron chi connectivity index (χ0n) is 4.03. The summed E-state index contributed by atoms with van der Waals surface area (Å²) in [5.41, 5.74) is 0. The van der Waals surface area contributed by atoms with Gasteiger partial charge in [0.25, 0.3) is 0 Å². The molecule has 0 aliphatic carbocycles. The van der Waals surface area contributed by atoms with Crippen molar-refractivity contribution < 1.29 is 5.11 Å². The van der Waals surface area contributed by atoms with Crippen LogP contribution in [-0.2, 0) is 5.11 Å². The van der Waals surface area contributed by atoms with Crippen molar-refractivity contribution in [1.29, 1.82) is 0 Å². The van der Waals surface area contributed by atoms with Crippen LogP contribution in [0.5, 0.6) is 5.75 Å². The standard InChI is InChI=1S/C5H4NOS/c7-4-1-2-5(8)6-3-4/h1-3H,(H,6,8). The fraction of sp³-hybridized carbons (Fsp3) is 0. The summed E-state index contributed by atoms with van der Waals surface area (Å²) in [6.07, 6.45) is 1.24. The van der Waals surface area contributed by atoms with Crippen molar-refractivity contribution in [3.8, 4) is 5.75 Å². The van der Waals surface area contributed by atoms with Gasteiger partial charge in [0, 0.05) is 0 Å². The van der Waals surface area contributed by atoms with Gasteiger partial charge in [0.05, 0.1) is 11.2 Å². The third kappa shape index (κ3) is 1.13. The minimum Gasteiger partial charge on any atom is -0.288 e. The molecule has 0 fully saturated rings. The Kier molecular flexibility index (Phi) is 1.39. The van der Waals surface area contributed by atoms with Gasteiger partial charge in [-0.25, -0.2) is 4.98 Å². The number of hydrogen-bond donors (Lipinski definition) is 1. The number of thiol groups is 1. The lowest BCUT2D eigenvalue weighted by atomic mass is 10.5. The first-order valence-corrected chi connectivity index (χ1v) is 2.56. The molecular weight excluding hydrogens is 122 g/mol. The van der Waals surface area contributed by atoms with E-state index in [0.717, 1.165) is 0 Å². The van der Waals surface area contributed by atoms with E-state index in [4.69, 9.17) is 0 Å². The Balaban J connectivity index is 3.03. The van der Waals surface area contributed by atoms with E-state index in [1.165, 1.54) is 12.3 Å². The summed E-state index contributed by atoms with van der Waals surface area (Å²) in [4.78, 5) is 3.63. The molecule has 0 saturated heterocycles. The summed E-state index contributed by atoms with van der Waals surface area (Å²) in [5.74, 6) is -0.0807. The van der Waals surface area contributed by atoms with Crippen molar-refractivity contribution in [1.82, 2.24) is 4.98 Å². The van der Waals surface area contributed by atoms with E-state index in [1.54, 1.807) is 6.07 Å². The van der Waals surface area contributed by atoms with E-state index in [9.17, 15) is 5.11 Å². The number of rotatable bonds is 0. The molecule has 0 aromatic carbocycles. The third-order valence-electron chi connectivity index (χ3n) is 0.721. The van der Waals surface area contributed by atoms with Crippen LogP contribution < -0.4 is 0 Å². The second-order valence-corrected chi connectivity index (χ2v) is 1.81. The van der Waals surface area contributed by atoms with E-state index in [0.29, 0.717) is 5.03 Å². The molecule has 1 aromatic rings. The Labute approximate surface area is 52.6 Å². The summed E-state index contributed by atoms with van der Waals surface area (Å²) in [6, 6.07) is 2.99. The molecule has 3 heteroatoms. The lowest BCUT2D eigenvalue weighted by molar-refractivity contribution is 0.352. The molecule has 0 spiro atoms. The average Bonchev–Trinajstić information content (AvgIpc) is 1.77. The van der Waals surface area contributed by atoms with Crippen LogP contribution >= 0.6 is 12.6 Å². The Morgan fingerprint density at radius 1 is 1.50 bits per heavy atom. The molecule has 2 nitrogen and oxygen atoms in total. The van der Waals surface area contributed by atoms with Gasteiger partial charge in [0.2, 0.25) is 0 Å². The number of pyridine rings is 1. The highest BCUT2D eigenvalue weighted by atomic mass is 32.1. The van der Waals surface area contributed by atoms with Crippen LogP contribution in [0.1, 0.15) is 0 Å². The van der Waals surface area contributed by atoms with Crippen LogP contribution in [0.25, 0.3) is 0 Å². The zero-order valence-corrected chi connectivity index (χ0v) is 4.93. The normalized spacial score (nSPS) is 9.12. The van der Waals surface area contributed by atoms with Crippen molar-refractivity contribution in [2.24, 2.45) is 0 Å². The minimum absolute atomic E-state index is 0.0807. The molecule has 41 valence electrons. The van der Waals surface area contributed by atoms with Crippen molar-refractivity contribution in [3.63, 3.8) is 0 Å². The Bertz CT molecular complexity index is 151. The summed E-state index contributed by atoms with van der Waals surface area (Å²) in [6.45, 7) is 0. The molecule has 0 N–H and O–H groups in total. The van der Waals surface area contributed by atoms with Gasteiger partial charge < -0.3 is 0 Å². The average molecular weight is 126 g/mol. The quantitative estimate of drug-likeness (QED) is 0.525. The molecule has 0 saturated carbocycles. The summed E-state index contributed by atoms with van der Waals surface area (Å²) >= 11 is 3.88. The smallest absolute Gasteiger partial charge is 0.196 e. The van der Waals surface area contributed by atoms with E-state index in [2.05, 4.69) is 17.6 Å². The second kappa shape index (κ2) is 2.05. The van der Waals surface area contributed by atoms with E-state index < -0.39 is 0 Å². The molecule has 0 unspecified atom stereocenters. The predicted molar refractivity (Wildman–Crippen MR) is 31.6 cm³/mol. The summed E-state index contributed by atoms with van der Waals surface area (Å²) < 4.78 is 0. The van der Waals surface area contributed by atoms with Gasteiger partial charge in [-0.2, -0.15) is 0 Å². The number of aromatic nitrogens is 1. The first-order valence-electron chi connectivity index (χ1n) is 2.11. The maximum Gasteiger partial charge on any atom is 0.196 e. The second-order valence-electron chi connectivity index (χ2n) is 1.35. The molecule has 0 aliphatic rings. The maximum absolute atomic E-state index is 10.3. The first kappa shape index (κ1) is 5.44. The van der Waals surface area contributed by atoms with Crippen LogP contribution in [-0.4, -0.2) is 4.98 Å². The monoisotopic (exact) mass is 126 g/mol. The fourth-order valence-corrected chi connectivity index (χ4v) is 0.505. The van der Waals surface area contributed by atoms with Crippen LogP contribution in [0.4, 0.5) is 0 Å². The van der Waals surface area contributed by atoms with Gasteiger partial charge in [-0.05, 0) is 12.1 Å². The molecule has 8 heavy (non-hydrogen) atoms. The molecular formula is C5H4NOS. The summed E-state index contributed by atoms with van der Waals surface area (Å²) in [5, 5.41) is 10.9. The summed E-state index contributed by atoms with van der Waals surface area (Å²) in [7, 11) is 0. The van der Waals surface area contributed by atoms with Crippen LogP contribution in [0.2, 0.25) is 0 Å². The molecule has 1 aromatic heterocycles. The highest BCUT2D eigenvalue weighted by molar-refractivity contribution is 7.80. The molecule has 0 atom stereocenters. The fourth-order valence-electron chi connectivity index (χ4n) is 0.372. The van der Waals surface area contributed by atoms with Gasteiger partial charge in [-0.3, -0.25) is 5.11 Å².